The van der Waals surface area contributed by atoms with Crippen molar-refractivity contribution in [3.63, 3.8) is 0 Å². The SMILES string of the molecule is COc1c(F)ccc(NCCc2ccc(C(F)(F)F)cc2)c1F. The van der Waals surface area contributed by atoms with Crippen molar-refractivity contribution in [2.24, 2.45) is 0 Å². The van der Waals surface area contributed by atoms with Gasteiger partial charge in [0, 0.05) is 6.54 Å². The second-order valence-electron chi connectivity index (χ2n) is 4.81. The number of hydrogen-bond donors (Lipinski definition) is 1. The van der Waals surface area contributed by atoms with Crippen LogP contribution in [0.15, 0.2) is 36.4 Å². The minimum absolute atomic E-state index is 0.0650. The number of halogens is 5. The first-order valence-electron chi connectivity index (χ1n) is 6.75. The number of ether oxygens (including phenoxy) is 1. The molecular formula is C16H14F5NO. The summed E-state index contributed by atoms with van der Waals surface area (Å²) < 4.78 is 69.1. The molecular weight excluding hydrogens is 317 g/mol. The van der Waals surface area contributed by atoms with Gasteiger partial charge in [0.2, 0.25) is 0 Å². The molecule has 23 heavy (non-hydrogen) atoms. The Bertz CT molecular complexity index is 667. The van der Waals surface area contributed by atoms with Gasteiger partial charge in [0.25, 0.3) is 0 Å². The fraction of sp³-hybridized carbons (Fsp3) is 0.250. The number of anilines is 1. The van der Waals surface area contributed by atoms with Gasteiger partial charge in [0.15, 0.2) is 17.4 Å². The van der Waals surface area contributed by atoms with E-state index in [-0.39, 0.29) is 12.2 Å². The predicted molar refractivity (Wildman–Crippen MR) is 76.5 cm³/mol. The molecule has 2 rings (SSSR count). The third-order valence-electron chi connectivity index (χ3n) is 3.26. The summed E-state index contributed by atoms with van der Waals surface area (Å²) in [5, 5.41) is 2.76. The summed E-state index contributed by atoms with van der Waals surface area (Å²) in [5.41, 5.74) is 0.0127. The number of benzene rings is 2. The van der Waals surface area contributed by atoms with E-state index in [1.165, 1.54) is 18.2 Å². The second-order valence-corrected chi connectivity index (χ2v) is 4.81. The number of methoxy groups -OCH3 is 1. The van der Waals surface area contributed by atoms with Crippen LogP contribution < -0.4 is 10.1 Å². The maximum atomic E-state index is 13.9. The van der Waals surface area contributed by atoms with E-state index >= 15 is 0 Å². The number of alkyl halides is 3. The third-order valence-corrected chi connectivity index (χ3v) is 3.26. The zero-order chi connectivity index (χ0) is 17.0. The first-order valence-corrected chi connectivity index (χ1v) is 6.75. The lowest BCUT2D eigenvalue weighted by atomic mass is 10.1. The molecule has 0 fully saturated rings. The average Bonchev–Trinajstić information content (AvgIpc) is 2.50. The van der Waals surface area contributed by atoms with Crippen molar-refractivity contribution in [1.29, 1.82) is 0 Å². The van der Waals surface area contributed by atoms with Crippen molar-refractivity contribution in [2.75, 3.05) is 19.0 Å². The van der Waals surface area contributed by atoms with Gasteiger partial charge in [-0.25, -0.2) is 8.78 Å². The van der Waals surface area contributed by atoms with Gasteiger partial charge in [-0.15, -0.1) is 0 Å². The summed E-state index contributed by atoms with van der Waals surface area (Å²) in [5.74, 6) is -2.14. The summed E-state index contributed by atoms with van der Waals surface area (Å²) >= 11 is 0. The minimum Gasteiger partial charge on any atom is -0.491 e. The van der Waals surface area contributed by atoms with Gasteiger partial charge >= 0.3 is 6.18 Å². The highest BCUT2D eigenvalue weighted by molar-refractivity contribution is 5.51. The molecule has 7 heteroatoms. The monoisotopic (exact) mass is 331 g/mol. The van der Waals surface area contributed by atoms with Crippen LogP contribution in [0.5, 0.6) is 5.75 Å². The minimum atomic E-state index is -4.37. The van der Waals surface area contributed by atoms with E-state index in [0.717, 1.165) is 25.3 Å². The van der Waals surface area contributed by atoms with Crippen molar-refractivity contribution in [3.05, 3.63) is 59.2 Å². The smallest absolute Gasteiger partial charge is 0.416 e. The van der Waals surface area contributed by atoms with E-state index in [1.54, 1.807) is 0 Å². The van der Waals surface area contributed by atoms with Crippen LogP contribution in [0.4, 0.5) is 27.6 Å². The number of hydrogen-bond acceptors (Lipinski definition) is 2. The second kappa shape index (κ2) is 6.85. The number of rotatable bonds is 5. The number of nitrogens with one attached hydrogen (secondary N) is 1. The lowest BCUT2D eigenvalue weighted by Crippen LogP contribution is -2.08. The van der Waals surface area contributed by atoms with Crippen LogP contribution in [0.3, 0.4) is 0 Å². The van der Waals surface area contributed by atoms with Crippen LogP contribution in [-0.4, -0.2) is 13.7 Å². The Balaban J connectivity index is 1.98. The molecule has 0 aliphatic heterocycles. The maximum absolute atomic E-state index is 13.9. The van der Waals surface area contributed by atoms with E-state index in [2.05, 4.69) is 10.1 Å². The third kappa shape index (κ3) is 4.12. The Morgan fingerprint density at radius 3 is 2.22 bits per heavy atom. The summed E-state index contributed by atoms with van der Waals surface area (Å²) in [6.07, 6.45) is -3.98. The Hall–Kier alpha value is -2.31. The molecule has 0 unspecified atom stereocenters. The van der Waals surface area contributed by atoms with Crippen molar-refractivity contribution in [1.82, 2.24) is 0 Å². The Labute approximate surface area is 129 Å². The first-order chi connectivity index (χ1) is 10.8. The van der Waals surface area contributed by atoms with E-state index in [9.17, 15) is 22.0 Å². The van der Waals surface area contributed by atoms with Gasteiger partial charge in [-0.05, 0) is 36.2 Å². The summed E-state index contributed by atoms with van der Waals surface area (Å²) in [7, 11) is 1.16. The van der Waals surface area contributed by atoms with E-state index in [0.29, 0.717) is 12.0 Å². The molecule has 0 saturated heterocycles. The van der Waals surface area contributed by atoms with Crippen molar-refractivity contribution in [3.8, 4) is 5.75 Å². The Morgan fingerprint density at radius 2 is 1.65 bits per heavy atom. The molecule has 0 aliphatic rings. The summed E-state index contributed by atoms with van der Waals surface area (Å²) in [4.78, 5) is 0. The lowest BCUT2D eigenvalue weighted by Gasteiger charge is -2.11. The lowest BCUT2D eigenvalue weighted by molar-refractivity contribution is -0.137. The normalized spacial score (nSPS) is 11.4. The van der Waals surface area contributed by atoms with Gasteiger partial charge < -0.3 is 10.1 Å². The van der Waals surface area contributed by atoms with Crippen LogP contribution in [0.1, 0.15) is 11.1 Å². The highest BCUT2D eigenvalue weighted by atomic mass is 19.4. The molecule has 0 heterocycles. The molecule has 0 saturated carbocycles. The fourth-order valence-electron chi connectivity index (χ4n) is 2.06. The topological polar surface area (TPSA) is 21.3 Å². The van der Waals surface area contributed by atoms with Crippen molar-refractivity contribution < 1.29 is 26.7 Å². The van der Waals surface area contributed by atoms with Crippen molar-refractivity contribution in [2.45, 2.75) is 12.6 Å². The molecule has 2 aromatic rings. The molecule has 2 aromatic carbocycles. The molecule has 124 valence electrons. The van der Waals surface area contributed by atoms with Crippen LogP contribution in [0.2, 0.25) is 0 Å². The van der Waals surface area contributed by atoms with Crippen LogP contribution in [0, 0.1) is 11.6 Å². The Morgan fingerprint density at radius 1 is 1.00 bits per heavy atom. The molecule has 0 aromatic heterocycles. The largest absolute Gasteiger partial charge is 0.491 e. The molecule has 0 bridgehead atoms. The zero-order valence-electron chi connectivity index (χ0n) is 12.2. The molecule has 0 aliphatic carbocycles. The molecule has 0 atom stereocenters. The highest BCUT2D eigenvalue weighted by Gasteiger charge is 2.29. The van der Waals surface area contributed by atoms with E-state index in [1.807, 2.05) is 0 Å². The molecule has 0 spiro atoms. The average molecular weight is 331 g/mol. The van der Waals surface area contributed by atoms with Gasteiger partial charge in [-0.1, -0.05) is 12.1 Å². The summed E-state index contributed by atoms with van der Waals surface area (Å²) in [6, 6.07) is 7.04. The van der Waals surface area contributed by atoms with Crippen LogP contribution in [-0.2, 0) is 12.6 Å². The van der Waals surface area contributed by atoms with Gasteiger partial charge in [0.05, 0.1) is 18.4 Å². The molecule has 0 amide bonds. The highest BCUT2D eigenvalue weighted by Crippen LogP contribution is 2.29. The molecule has 2 nitrogen and oxygen atoms in total. The van der Waals surface area contributed by atoms with Gasteiger partial charge in [-0.2, -0.15) is 13.2 Å². The maximum Gasteiger partial charge on any atom is 0.416 e. The van der Waals surface area contributed by atoms with Crippen molar-refractivity contribution >= 4 is 5.69 Å². The van der Waals surface area contributed by atoms with Crippen LogP contribution in [0.25, 0.3) is 0 Å². The quantitative estimate of drug-likeness (QED) is 0.806. The summed E-state index contributed by atoms with van der Waals surface area (Å²) in [6.45, 7) is 0.275. The predicted octanol–water partition coefficient (Wildman–Crippen LogP) is 4.65. The van der Waals surface area contributed by atoms with Gasteiger partial charge in [-0.3, -0.25) is 0 Å². The molecule has 1 N–H and O–H groups in total. The zero-order valence-corrected chi connectivity index (χ0v) is 12.2. The Kier molecular flexibility index (Phi) is 5.08. The van der Waals surface area contributed by atoms with Crippen LogP contribution >= 0.6 is 0 Å². The fourth-order valence-corrected chi connectivity index (χ4v) is 2.06. The van der Waals surface area contributed by atoms with E-state index < -0.39 is 29.1 Å². The first kappa shape index (κ1) is 17.1. The van der Waals surface area contributed by atoms with Gasteiger partial charge in [0.1, 0.15) is 0 Å². The standard InChI is InChI=1S/C16H14F5NO/c1-23-15-12(17)6-7-13(14(15)18)22-9-8-10-2-4-11(5-3-10)16(19,20)21/h2-7,22H,8-9H2,1H3. The molecule has 0 radical (unpaired) electrons. The van der Waals surface area contributed by atoms with E-state index in [4.69, 9.17) is 0 Å².